The Balaban J connectivity index is 2.00. The summed E-state index contributed by atoms with van der Waals surface area (Å²) in [6, 6.07) is 0.179. The SMILES string of the molecule is CCCCCC(CC)NC(=O)C1C2C=CC(CC2)C1C(=O)O. The number of carboxylic acid groups (broad SMARTS) is 1. The monoisotopic (exact) mass is 307 g/mol. The third-order valence-corrected chi connectivity index (χ3v) is 5.33. The minimum absolute atomic E-state index is 0.0263. The van der Waals surface area contributed by atoms with Crippen molar-refractivity contribution < 1.29 is 14.7 Å². The van der Waals surface area contributed by atoms with E-state index in [2.05, 4.69) is 25.2 Å². The maximum Gasteiger partial charge on any atom is 0.307 e. The molecule has 0 radical (unpaired) electrons. The molecule has 0 aromatic rings. The predicted octanol–water partition coefficient (Wildman–Crippen LogP) is 3.37. The Bertz CT molecular complexity index is 432. The van der Waals surface area contributed by atoms with E-state index in [1.807, 2.05) is 6.08 Å². The summed E-state index contributed by atoms with van der Waals surface area (Å²) >= 11 is 0. The highest BCUT2D eigenvalue weighted by molar-refractivity contribution is 5.86. The number of carboxylic acids is 1. The van der Waals surface area contributed by atoms with Gasteiger partial charge in [0.25, 0.3) is 0 Å². The van der Waals surface area contributed by atoms with Crippen LogP contribution < -0.4 is 5.32 Å². The summed E-state index contributed by atoms with van der Waals surface area (Å²) in [5.74, 6) is -1.68. The smallest absolute Gasteiger partial charge is 0.307 e. The average molecular weight is 307 g/mol. The van der Waals surface area contributed by atoms with Crippen molar-refractivity contribution in [1.29, 1.82) is 0 Å². The minimum Gasteiger partial charge on any atom is -0.481 e. The van der Waals surface area contributed by atoms with E-state index in [4.69, 9.17) is 0 Å². The number of carbonyl (C=O) groups is 2. The van der Waals surface area contributed by atoms with Gasteiger partial charge in [0.2, 0.25) is 5.91 Å². The number of unbranched alkanes of at least 4 members (excludes halogenated alkanes) is 2. The molecule has 124 valence electrons. The van der Waals surface area contributed by atoms with Crippen molar-refractivity contribution in [2.45, 2.75) is 64.8 Å². The molecule has 0 spiro atoms. The highest BCUT2D eigenvalue weighted by Gasteiger charge is 2.48. The Kier molecular flexibility index (Phi) is 6.04. The van der Waals surface area contributed by atoms with Gasteiger partial charge in [0, 0.05) is 6.04 Å². The lowest BCUT2D eigenvalue weighted by Crippen LogP contribution is -2.50. The van der Waals surface area contributed by atoms with Crippen molar-refractivity contribution in [2.75, 3.05) is 0 Å². The molecule has 0 aromatic heterocycles. The number of hydrogen-bond acceptors (Lipinski definition) is 2. The lowest BCUT2D eigenvalue weighted by Gasteiger charge is -2.42. The van der Waals surface area contributed by atoms with Gasteiger partial charge in [-0.1, -0.05) is 45.3 Å². The van der Waals surface area contributed by atoms with Crippen LogP contribution in [-0.4, -0.2) is 23.0 Å². The molecule has 0 aliphatic heterocycles. The molecule has 0 saturated heterocycles. The molecule has 5 unspecified atom stereocenters. The van der Waals surface area contributed by atoms with Crippen LogP contribution in [0, 0.1) is 23.7 Å². The van der Waals surface area contributed by atoms with E-state index in [0.29, 0.717) is 0 Å². The summed E-state index contributed by atoms with van der Waals surface area (Å²) in [6.45, 7) is 4.25. The van der Waals surface area contributed by atoms with E-state index in [1.165, 1.54) is 12.8 Å². The molecule has 22 heavy (non-hydrogen) atoms. The molecule has 4 heteroatoms. The zero-order valence-corrected chi connectivity index (χ0v) is 13.8. The molecule has 2 N–H and O–H groups in total. The van der Waals surface area contributed by atoms with Crippen LogP contribution >= 0.6 is 0 Å². The highest BCUT2D eigenvalue weighted by Crippen LogP contribution is 2.45. The number of hydrogen-bond donors (Lipinski definition) is 2. The third-order valence-electron chi connectivity index (χ3n) is 5.33. The number of amides is 1. The van der Waals surface area contributed by atoms with Crippen LogP contribution in [0.25, 0.3) is 0 Å². The molecule has 3 aliphatic carbocycles. The molecular formula is C18H29NO3. The van der Waals surface area contributed by atoms with Crippen molar-refractivity contribution in [3.63, 3.8) is 0 Å². The zero-order valence-electron chi connectivity index (χ0n) is 13.8. The van der Waals surface area contributed by atoms with Gasteiger partial charge >= 0.3 is 5.97 Å². The van der Waals surface area contributed by atoms with Crippen LogP contribution in [0.2, 0.25) is 0 Å². The number of fused-ring (bicyclic) bond motifs is 2. The zero-order chi connectivity index (χ0) is 16.1. The normalized spacial score (nSPS) is 31.0. The number of nitrogens with one attached hydrogen (secondary N) is 1. The molecule has 4 nitrogen and oxygen atoms in total. The van der Waals surface area contributed by atoms with Crippen molar-refractivity contribution in [3.8, 4) is 0 Å². The fourth-order valence-corrected chi connectivity index (χ4v) is 4.00. The molecule has 3 rings (SSSR count). The molecular weight excluding hydrogens is 278 g/mol. The summed E-state index contributed by atoms with van der Waals surface area (Å²) in [5, 5.41) is 12.7. The second-order valence-corrected chi connectivity index (χ2v) is 6.79. The topological polar surface area (TPSA) is 66.4 Å². The lowest BCUT2D eigenvalue weighted by atomic mass is 9.62. The number of aliphatic carboxylic acids is 1. The third kappa shape index (κ3) is 3.71. The Morgan fingerprint density at radius 2 is 1.77 bits per heavy atom. The Hall–Kier alpha value is -1.32. The van der Waals surface area contributed by atoms with Gasteiger partial charge in [-0.2, -0.15) is 0 Å². The molecule has 5 atom stereocenters. The molecule has 3 aliphatic rings. The lowest BCUT2D eigenvalue weighted by molar-refractivity contribution is -0.153. The minimum atomic E-state index is -0.821. The Morgan fingerprint density at radius 1 is 1.14 bits per heavy atom. The summed E-state index contributed by atoms with van der Waals surface area (Å²) in [5.41, 5.74) is 0. The summed E-state index contributed by atoms with van der Waals surface area (Å²) < 4.78 is 0. The Labute approximate surface area is 133 Å². The van der Waals surface area contributed by atoms with Crippen molar-refractivity contribution in [3.05, 3.63) is 12.2 Å². The van der Waals surface area contributed by atoms with E-state index in [9.17, 15) is 14.7 Å². The fourth-order valence-electron chi connectivity index (χ4n) is 4.00. The number of allylic oxidation sites excluding steroid dienone is 2. The predicted molar refractivity (Wildman–Crippen MR) is 86.3 cm³/mol. The van der Waals surface area contributed by atoms with Crippen LogP contribution in [0.5, 0.6) is 0 Å². The quantitative estimate of drug-likeness (QED) is 0.533. The second-order valence-electron chi connectivity index (χ2n) is 6.79. The van der Waals surface area contributed by atoms with Crippen LogP contribution in [0.4, 0.5) is 0 Å². The number of rotatable bonds is 8. The van der Waals surface area contributed by atoms with Crippen LogP contribution in [0.1, 0.15) is 58.8 Å². The first kappa shape index (κ1) is 17.0. The van der Waals surface area contributed by atoms with Gasteiger partial charge < -0.3 is 10.4 Å². The van der Waals surface area contributed by atoms with Gasteiger partial charge in [-0.3, -0.25) is 9.59 Å². The van der Waals surface area contributed by atoms with E-state index >= 15 is 0 Å². The molecule has 1 saturated carbocycles. The van der Waals surface area contributed by atoms with Crippen LogP contribution in [0.15, 0.2) is 12.2 Å². The van der Waals surface area contributed by atoms with Crippen LogP contribution in [0.3, 0.4) is 0 Å². The van der Waals surface area contributed by atoms with Gasteiger partial charge in [-0.05, 0) is 37.5 Å². The Morgan fingerprint density at radius 3 is 2.27 bits per heavy atom. The second kappa shape index (κ2) is 7.80. The first-order valence-electron chi connectivity index (χ1n) is 8.80. The van der Waals surface area contributed by atoms with Crippen molar-refractivity contribution in [1.82, 2.24) is 5.32 Å². The van der Waals surface area contributed by atoms with E-state index in [-0.39, 0.29) is 29.7 Å². The van der Waals surface area contributed by atoms with Gasteiger partial charge in [0.15, 0.2) is 0 Å². The maximum atomic E-state index is 12.7. The van der Waals surface area contributed by atoms with E-state index in [1.54, 1.807) is 0 Å². The van der Waals surface area contributed by atoms with Crippen molar-refractivity contribution >= 4 is 11.9 Å². The first-order chi connectivity index (χ1) is 10.6. The average Bonchev–Trinajstić information content (AvgIpc) is 2.54. The van der Waals surface area contributed by atoms with Crippen LogP contribution in [-0.2, 0) is 9.59 Å². The van der Waals surface area contributed by atoms with E-state index < -0.39 is 11.9 Å². The van der Waals surface area contributed by atoms with Gasteiger partial charge in [-0.25, -0.2) is 0 Å². The molecule has 0 heterocycles. The van der Waals surface area contributed by atoms with Gasteiger partial charge in [0.1, 0.15) is 0 Å². The maximum absolute atomic E-state index is 12.7. The van der Waals surface area contributed by atoms with Gasteiger partial charge in [0.05, 0.1) is 11.8 Å². The van der Waals surface area contributed by atoms with Gasteiger partial charge in [-0.15, -0.1) is 0 Å². The molecule has 2 bridgehead atoms. The molecule has 1 amide bonds. The van der Waals surface area contributed by atoms with E-state index in [0.717, 1.165) is 32.1 Å². The largest absolute Gasteiger partial charge is 0.481 e. The van der Waals surface area contributed by atoms with Crippen molar-refractivity contribution in [2.24, 2.45) is 23.7 Å². The first-order valence-corrected chi connectivity index (χ1v) is 8.80. The summed E-state index contributed by atoms with van der Waals surface area (Å²) in [4.78, 5) is 24.3. The summed E-state index contributed by atoms with van der Waals surface area (Å²) in [6.07, 6.45) is 11.3. The highest BCUT2D eigenvalue weighted by atomic mass is 16.4. The number of carbonyl (C=O) groups excluding carboxylic acids is 1. The standard InChI is InChI=1S/C18H29NO3/c1-3-5-6-7-14(4-2)19-17(20)15-12-8-10-13(11-9-12)16(15)18(21)22/h8,10,12-16H,3-7,9,11H2,1-2H3,(H,19,20)(H,21,22). The fraction of sp³-hybridized carbons (Fsp3) is 0.778. The molecule has 0 aromatic carbocycles. The summed E-state index contributed by atoms with van der Waals surface area (Å²) in [7, 11) is 0. The molecule has 1 fully saturated rings.